The molecule has 0 saturated carbocycles. The lowest BCUT2D eigenvalue weighted by Crippen LogP contribution is -2.25. The molecule has 1 aliphatic heterocycles. The molecule has 0 spiro atoms. The first kappa shape index (κ1) is 19.2. The third-order valence-corrected chi connectivity index (χ3v) is 4.66. The van der Waals surface area contributed by atoms with Crippen LogP contribution in [0.25, 0.3) is 11.3 Å². The number of hydrogen-bond acceptors (Lipinski definition) is 2. The summed E-state index contributed by atoms with van der Waals surface area (Å²) in [4.78, 5) is 9.16. The molecule has 130 valence electrons. The van der Waals surface area contributed by atoms with E-state index < -0.39 is 0 Å². The van der Waals surface area contributed by atoms with Crippen molar-refractivity contribution in [2.24, 2.45) is 9.98 Å². The Bertz CT molecular complexity index is 923. The van der Waals surface area contributed by atoms with Crippen LogP contribution in [-0.4, -0.2) is 10.9 Å². The summed E-state index contributed by atoms with van der Waals surface area (Å²) < 4.78 is 0. The molecule has 0 fully saturated rings. The van der Waals surface area contributed by atoms with Crippen molar-refractivity contribution in [1.29, 1.82) is 0 Å². The summed E-state index contributed by atoms with van der Waals surface area (Å²) in [5.41, 5.74) is 8.37. The molecule has 3 heteroatoms. The second kappa shape index (κ2) is 8.80. The Labute approximate surface area is 155 Å². The summed E-state index contributed by atoms with van der Waals surface area (Å²) in [6.07, 6.45) is 6.77. The molecule has 0 radical (unpaired) electrons. The van der Waals surface area contributed by atoms with Crippen LogP contribution in [0.3, 0.4) is 0 Å². The lowest BCUT2D eigenvalue weighted by molar-refractivity contribution is 0.922. The van der Waals surface area contributed by atoms with Gasteiger partial charge in [0.2, 0.25) is 0 Å². The Morgan fingerprint density at radius 3 is 2.76 bits per heavy atom. The van der Waals surface area contributed by atoms with Gasteiger partial charge in [-0.1, -0.05) is 35.9 Å². The minimum absolute atomic E-state index is 0.672. The summed E-state index contributed by atoms with van der Waals surface area (Å²) in [5.74, 6) is 0. The number of benzene rings is 1. The molecule has 0 amide bonds. The van der Waals surface area contributed by atoms with Crippen LogP contribution >= 0.6 is 11.6 Å². The van der Waals surface area contributed by atoms with Crippen molar-refractivity contribution in [2.45, 2.75) is 47.0 Å². The largest absolute Gasteiger partial charge is 0.253 e. The van der Waals surface area contributed by atoms with E-state index in [1.54, 1.807) is 0 Å². The van der Waals surface area contributed by atoms with Gasteiger partial charge in [-0.25, -0.2) is 4.99 Å². The summed E-state index contributed by atoms with van der Waals surface area (Å²) in [6.45, 7) is 12.1. The molecule has 0 atom stereocenters. The fourth-order valence-electron chi connectivity index (χ4n) is 2.77. The van der Waals surface area contributed by atoms with Crippen LogP contribution in [0.15, 0.2) is 58.2 Å². The maximum atomic E-state index is 6.07. The van der Waals surface area contributed by atoms with Crippen molar-refractivity contribution in [3.05, 3.63) is 58.6 Å². The summed E-state index contributed by atoms with van der Waals surface area (Å²) in [7, 11) is 0. The monoisotopic (exact) mass is 352 g/mol. The Morgan fingerprint density at radius 1 is 1.32 bits per heavy atom. The standard InChI is InChI=1S/C22H25ClN2/c1-6-15(3)17(5)21-12-11-20(14-18(21)7-2)25-19-9-8-10-22(23)24-16(4)13-19/h6,11-14H,2,8-10H2,1,3-5H3. The molecule has 0 saturated heterocycles. The van der Waals surface area contributed by atoms with E-state index in [9.17, 15) is 0 Å². The van der Waals surface area contributed by atoms with Gasteiger partial charge in [-0.15, -0.1) is 5.73 Å². The molecule has 25 heavy (non-hydrogen) atoms. The van der Waals surface area contributed by atoms with Crippen molar-refractivity contribution in [2.75, 3.05) is 0 Å². The van der Waals surface area contributed by atoms with Crippen molar-refractivity contribution in [1.82, 2.24) is 0 Å². The minimum Gasteiger partial charge on any atom is -0.253 e. The van der Waals surface area contributed by atoms with Gasteiger partial charge < -0.3 is 0 Å². The van der Waals surface area contributed by atoms with Gasteiger partial charge in [0, 0.05) is 23.0 Å². The van der Waals surface area contributed by atoms with E-state index in [4.69, 9.17) is 16.6 Å². The highest BCUT2D eigenvalue weighted by atomic mass is 35.5. The predicted molar refractivity (Wildman–Crippen MR) is 111 cm³/mol. The molecule has 1 heterocycles. The van der Waals surface area contributed by atoms with Crippen LogP contribution in [0.5, 0.6) is 0 Å². The van der Waals surface area contributed by atoms with Crippen LogP contribution in [0.1, 0.15) is 47.0 Å². The van der Waals surface area contributed by atoms with Crippen LogP contribution in [0, 0.1) is 0 Å². The number of hydrogen-bond donors (Lipinski definition) is 0. The molecule has 1 aromatic rings. The lowest BCUT2D eigenvalue weighted by Gasteiger charge is -2.08. The zero-order valence-electron chi connectivity index (χ0n) is 15.5. The molecule has 2 rings (SSSR count). The first-order chi connectivity index (χ1) is 11.9. The number of rotatable bonds is 2. The molecule has 0 aromatic heterocycles. The molecule has 0 aliphatic carbocycles. The second-order valence-corrected chi connectivity index (χ2v) is 6.67. The van der Waals surface area contributed by atoms with Crippen molar-refractivity contribution < 1.29 is 0 Å². The maximum Gasteiger partial charge on any atom is 0.106 e. The molecule has 1 aliphatic rings. The molecule has 0 N–H and O–H groups in total. The first-order valence-corrected chi connectivity index (χ1v) is 8.95. The zero-order valence-corrected chi connectivity index (χ0v) is 16.2. The van der Waals surface area contributed by atoms with Gasteiger partial charge in [-0.3, -0.25) is 4.99 Å². The summed E-state index contributed by atoms with van der Waals surface area (Å²) in [5, 5.41) is 2.80. The normalized spacial score (nSPS) is 18.8. The van der Waals surface area contributed by atoms with E-state index in [2.05, 4.69) is 50.2 Å². The Balaban J connectivity index is 2.53. The average Bonchev–Trinajstić information content (AvgIpc) is 2.58. The minimum atomic E-state index is 0.672. The van der Waals surface area contributed by atoms with Crippen molar-refractivity contribution >= 4 is 39.5 Å². The summed E-state index contributed by atoms with van der Waals surface area (Å²) >= 11 is 6.07. The van der Waals surface area contributed by atoms with Crippen LogP contribution < -0.4 is 10.4 Å². The number of halogens is 1. The lowest BCUT2D eigenvalue weighted by atomic mass is 10.0. The zero-order chi connectivity index (χ0) is 18.4. The highest BCUT2D eigenvalue weighted by molar-refractivity contribution is 6.65. The SMILES string of the molecule is C=C=c1cc(N=C2C=C(C)N=C(Cl)CCC2)ccc1=C(C)C(C)=CC. The Hall–Kier alpha value is -2.15. The Morgan fingerprint density at radius 2 is 2.08 bits per heavy atom. The fraction of sp³-hybridized carbons (Fsp3) is 0.318. The van der Waals surface area contributed by atoms with Crippen molar-refractivity contribution in [3.63, 3.8) is 0 Å². The van der Waals surface area contributed by atoms with Crippen molar-refractivity contribution in [3.8, 4) is 0 Å². The molecule has 1 aromatic carbocycles. The molecule has 0 bridgehead atoms. The predicted octanol–water partition coefficient (Wildman–Crippen LogP) is 5.19. The maximum absolute atomic E-state index is 6.07. The number of aliphatic imine (C=N–C) groups is 2. The van der Waals surface area contributed by atoms with Crippen LogP contribution in [0.2, 0.25) is 0 Å². The van der Waals surface area contributed by atoms with Gasteiger partial charge in [0.1, 0.15) is 5.17 Å². The third-order valence-electron chi connectivity index (χ3n) is 4.38. The van der Waals surface area contributed by atoms with E-state index in [-0.39, 0.29) is 0 Å². The van der Waals surface area contributed by atoms with E-state index in [1.807, 2.05) is 25.1 Å². The van der Waals surface area contributed by atoms with Gasteiger partial charge in [-0.05, 0) is 69.5 Å². The van der Waals surface area contributed by atoms with E-state index in [1.165, 1.54) is 11.1 Å². The highest BCUT2D eigenvalue weighted by Crippen LogP contribution is 2.16. The fourth-order valence-corrected chi connectivity index (χ4v) is 3.03. The van der Waals surface area contributed by atoms with Gasteiger partial charge in [0.15, 0.2) is 0 Å². The molecular weight excluding hydrogens is 328 g/mol. The molecular formula is C22H25ClN2. The molecule has 0 unspecified atom stereocenters. The van der Waals surface area contributed by atoms with Gasteiger partial charge in [-0.2, -0.15) is 0 Å². The number of allylic oxidation sites excluding steroid dienone is 4. The second-order valence-electron chi connectivity index (χ2n) is 6.23. The quantitative estimate of drug-likeness (QED) is 0.700. The third kappa shape index (κ3) is 5.16. The van der Waals surface area contributed by atoms with Crippen LogP contribution in [-0.2, 0) is 0 Å². The summed E-state index contributed by atoms with van der Waals surface area (Å²) in [6, 6.07) is 6.19. The van der Waals surface area contributed by atoms with Gasteiger partial charge >= 0.3 is 0 Å². The highest BCUT2D eigenvalue weighted by Gasteiger charge is 2.05. The van der Waals surface area contributed by atoms with E-state index in [0.29, 0.717) is 5.17 Å². The topological polar surface area (TPSA) is 24.7 Å². The number of nitrogens with zero attached hydrogens (tertiary/aromatic N) is 2. The first-order valence-electron chi connectivity index (χ1n) is 8.58. The van der Waals surface area contributed by atoms with Gasteiger partial charge in [0.25, 0.3) is 0 Å². The Kier molecular flexibility index (Phi) is 6.75. The van der Waals surface area contributed by atoms with Gasteiger partial charge in [0.05, 0.1) is 5.69 Å². The smallest absolute Gasteiger partial charge is 0.106 e. The molecule has 2 nitrogen and oxygen atoms in total. The van der Waals surface area contributed by atoms with E-state index in [0.717, 1.165) is 46.8 Å². The average molecular weight is 353 g/mol. The van der Waals surface area contributed by atoms with Crippen LogP contribution in [0.4, 0.5) is 5.69 Å². The van der Waals surface area contributed by atoms with E-state index >= 15 is 0 Å².